The third kappa shape index (κ3) is 3.22. The minimum atomic E-state index is -3.43. The fraction of sp³-hybridized carbons (Fsp3) is 0.417. The molecule has 100 valence electrons. The highest BCUT2D eigenvalue weighted by Gasteiger charge is 2.21. The molecule has 0 aliphatic heterocycles. The summed E-state index contributed by atoms with van der Waals surface area (Å²) in [5.41, 5.74) is 2.71. The van der Waals surface area contributed by atoms with E-state index in [4.69, 9.17) is 5.21 Å². The van der Waals surface area contributed by atoms with E-state index < -0.39 is 10.0 Å². The highest BCUT2D eigenvalue weighted by molar-refractivity contribution is 7.92. The van der Waals surface area contributed by atoms with Gasteiger partial charge in [0.2, 0.25) is 10.0 Å². The summed E-state index contributed by atoms with van der Waals surface area (Å²) >= 11 is 0. The maximum absolute atomic E-state index is 11.9. The summed E-state index contributed by atoms with van der Waals surface area (Å²) in [5, 5.41) is 11.7. The minimum Gasteiger partial charge on any atom is -0.411 e. The summed E-state index contributed by atoms with van der Waals surface area (Å²) in [5.74, 6) is 0. The minimum absolute atomic E-state index is 0.0427. The molecule has 18 heavy (non-hydrogen) atoms. The molecular weight excluding hydrogens is 252 g/mol. The van der Waals surface area contributed by atoms with Crippen molar-refractivity contribution in [1.29, 1.82) is 0 Å². The number of sulfonamides is 1. The molecule has 0 saturated carbocycles. The van der Waals surface area contributed by atoms with Crippen LogP contribution >= 0.6 is 0 Å². The Morgan fingerprint density at radius 1 is 1.33 bits per heavy atom. The molecule has 1 N–H and O–H groups in total. The van der Waals surface area contributed by atoms with Gasteiger partial charge in [0.15, 0.2) is 0 Å². The second kappa shape index (κ2) is 5.39. The molecule has 0 spiro atoms. The van der Waals surface area contributed by atoms with Crippen molar-refractivity contribution in [2.45, 2.75) is 20.8 Å². The van der Waals surface area contributed by atoms with Gasteiger partial charge in [-0.3, -0.25) is 4.31 Å². The molecule has 0 aliphatic carbocycles. The molecule has 0 amide bonds. The maximum Gasteiger partial charge on any atom is 0.232 e. The van der Waals surface area contributed by atoms with Crippen molar-refractivity contribution < 1.29 is 13.6 Å². The Labute approximate surface area is 108 Å². The standard InChI is InChI=1S/C12H18N2O3S/c1-9-6-5-7-10(2)12(9)14(18(4,16)17)8-11(3)13-15/h5-7,15H,8H2,1-4H3. The molecule has 1 rings (SSSR count). The number of benzene rings is 1. The lowest BCUT2D eigenvalue weighted by molar-refractivity contribution is 0.318. The van der Waals surface area contributed by atoms with Crippen molar-refractivity contribution in [3.8, 4) is 0 Å². The second-order valence-corrected chi connectivity index (χ2v) is 6.25. The van der Waals surface area contributed by atoms with E-state index in [9.17, 15) is 8.42 Å². The molecule has 5 nitrogen and oxygen atoms in total. The largest absolute Gasteiger partial charge is 0.411 e. The van der Waals surface area contributed by atoms with Crippen LogP contribution in [0.1, 0.15) is 18.1 Å². The zero-order valence-corrected chi connectivity index (χ0v) is 11.8. The number of para-hydroxylation sites is 1. The highest BCUT2D eigenvalue weighted by Crippen LogP contribution is 2.26. The first-order valence-electron chi connectivity index (χ1n) is 5.49. The number of hydrogen-bond acceptors (Lipinski definition) is 4. The molecule has 0 fully saturated rings. The number of anilines is 1. The first-order chi connectivity index (χ1) is 8.27. The topological polar surface area (TPSA) is 70.0 Å². The summed E-state index contributed by atoms with van der Waals surface area (Å²) in [6.45, 7) is 5.32. The Bertz CT molecular complexity index is 544. The van der Waals surface area contributed by atoms with Gasteiger partial charge in [0.05, 0.1) is 24.2 Å². The molecule has 0 heterocycles. The zero-order valence-electron chi connectivity index (χ0n) is 11.0. The van der Waals surface area contributed by atoms with E-state index in [2.05, 4.69) is 5.16 Å². The van der Waals surface area contributed by atoms with Gasteiger partial charge >= 0.3 is 0 Å². The molecule has 1 aromatic rings. The quantitative estimate of drug-likeness (QED) is 0.516. The van der Waals surface area contributed by atoms with Gasteiger partial charge in [0.25, 0.3) is 0 Å². The van der Waals surface area contributed by atoms with E-state index in [0.29, 0.717) is 11.4 Å². The number of rotatable bonds is 4. The number of nitrogens with zero attached hydrogens (tertiary/aromatic N) is 2. The van der Waals surface area contributed by atoms with Gasteiger partial charge in [-0.1, -0.05) is 23.4 Å². The second-order valence-electron chi connectivity index (χ2n) is 4.35. The summed E-state index contributed by atoms with van der Waals surface area (Å²) < 4.78 is 25.0. The molecule has 0 saturated heterocycles. The third-order valence-corrected chi connectivity index (χ3v) is 3.74. The van der Waals surface area contributed by atoms with E-state index in [1.807, 2.05) is 32.0 Å². The predicted molar refractivity (Wildman–Crippen MR) is 73.0 cm³/mol. The molecule has 0 radical (unpaired) electrons. The van der Waals surface area contributed by atoms with Crippen LogP contribution in [0.4, 0.5) is 5.69 Å². The highest BCUT2D eigenvalue weighted by atomic mass is 32.2. The van der Waals surface area contributed by atoms with Crippen LogP contribution in [-0.2, 0) is 10.0 Å². The first-order valence-corrected chi connectivity index (χ1v) is 7.33. The van der Waals surface area contributed by atoms with E-state index in [1.54, 1.807) is 6.92 Å². The van der Waals surface area contributed by atoms with Crippen LogP contribution in [0.2, 0.25) is 0 Å². The van der Waals surface area contributed by atoms with Gasteiger partial charge < -0.3 is 5.21 Å². The van der Waals surface area contributed by atoms with Gasteiger partial charge in [0, 0.05) is 0 Å². The SMILES string of the molecule is CC(CN(c1c(C)cccc1C)S(C)(=O)=O)=NO. The fourth-order valence-electron chi connectivity index (χ4n) is 1.80. The van der Waals surface area contributed by atoms with Crippen molar-refractivity contribution in [1.82, 2.24) is 0 Å². The zero-order chi connectivity index (χ0) is 13.9. The molecule has 0 atom stereocenters. The van der Waals surface area contributed by atoms with Crippen LogP contribution in [0.3, 0.4) is 0 Å². The van der Waals surface area contributed by atoms with E-state index in [0.717, 1.165) is 17.4 Å². The molecule has 1 aromatic carbocycles. The molecule has 6 heteroatoms. The molecule has 0 unspecified atom stereocenters. The first kappa shape index (κ1) is 14.5. The normalized spacial score (nSPS) is 12.6. The van der Waals surface area contributed by atoms with Gasteiger partial charge in [-0.15, -0.1) is 0 Å². The van der Waals surface area contributed by atoms with Crippen LogP contribution in [0.5, 0.6) is 0 Å². The van der Waals surface area contributed by atoms with Crippen LogP contribution in [-0.4, -0.2) is 32.1 Å². The number of aryl methyl sites for hydroxylation is 2. The van der Waals surface area contributed by atoms with Gasteiger partial charge in [-0.05, 0) is 31.9 Å². The van der Waals surface area contributed by atoms with Crippen molar-refractivity contribution in [2.24, 2.45) is 5.16 Å². The Kier molecular flexibility index (Phi) is 4.34. The van der Waals surface area contributed by atoms with Crippen molar-refractivity contribution >= 4 is 21.4 Å². The Hall–Kier alpha value is -1.56. The molecule has 0 aromatic heterocycles. The van der Waals surface area contributed by atoms with Crippen molar-refractivity contribution in [3.05, 3.63) is 29.3 Å². The van der Waals surface area contributed by atoms with Crippen LogP contribution in [0.15, 0.2) is 23.4 Å². The smallest absolute Gasteiger partial charge is 0.232 e. The molecule has 0 aliphatic rings. The summed E-state index contributed by atoms with van der Waals surface area (Å²) in [6, 6.07) is 5.58. The van der Waals surface area contributed by atoms with E-state index in [1.165, 1.54) is 4.31 Å². The van der Waals surface area contributed by atoms with E-state index in [-0.39, 0.29) is 6.54 Å². The average molecular weight is 270 g/mol. The Balaban J connectivity index is 3.36. The van der Waals surface area contributed by atoms with Crippen LogP contribution in [0.25, 0.3) is 0 Å². The monoisotopic (exact) mass is 270 g/mol. The third-order valence-electron chi connectivity index (χ3n) is 2.63. The average Bonchev–Trinajstić information content (AvgIpc) is 2.25. The lowest BCUT2D eigenvalue weighted by atomic mass is 10.1. The maximum atomic E-state index is 11.9. The number of hydrogen-bond donors (Lipinski definition) is 1. The summed E-state index contributed by atoms with van der Waals surface area (Å²) in [7, 11) is -3.43. The molecular formula is C12H18N2O3S. The van der Waals surface area contributed by atoms with E-state index >= 15 is 0 Å². The summed E-state index contributed by atoms with van der Waals surface area (Å²) in [4.78, 5) is 0. The van der Waals surface area contributed by atoms with Gasteiger partial charge in [-0.2, -0.15) is 0 Å². The Morgan fingerprint density at radius 3 is 2.22 bits per heavy atom. The lowest BCUT2D eigenvalue weighted by Gasteiger charge is -2.25. The fourth-order valence-corrected chi connectivity index (χ4v) is 2.84. The molecule has 0 bridgehead atoms. The van der Waals surface area contributed by atoms with Crippen molar-refractivity contribution in [3.63, 3.8) is 0 Å². The van der Waals surface area contributed by atoms with Crippen LogP contribution < -0.4 is 4.31 Å². The van der Waals surface area contributed by atoms with Crippen LogP contribution in [0, 0.1) is 13.8 Å². The van der Waals surface area contributed by atoms with Gasteiger partial charge in [0.1, 0.15) is 0 Å². The Morgan fingerprint density at radius 2 is 1.83 bits per heavy atom. The van der Waals surface area contributed by atoms with Gasteiger partial charge in [-0.25, -0.2) is 8.42 Å². The summed E-state index contributed by atoms with van der Waals surface area (Å²) in [6.07, 6.45) is 1.14. The number of oxime groups is 1. The predicted octanol–water partition coefficient (Wildman–Crippen LogP) is 1.92. The lowest BCUT2D eigenvalue weighted by Crippen LogP contribution is -2.35. The van der Waals surface area contributed by atoms with Crippen molar-refractivity contribution in [2.75, 3.05) is 17.1 Å².